The number of aromatic nitrogens is 2. The van der Waals surface area contributed by atoms with E-state index in [1.807, 2.05) is 19.4 Å². The lowest BCUT2D eigenvalue weighted by atomic mass is 10.1. The Morgan fingerprint density at radius 1 is 1.59 bits per heavy atom. The van der Waals surface area contributed by atoms with Crippen LogP contribution >= 0.6 is 0 Å². The third-order valence-electron chi connectivity index (χ3n) is 3.16. The molecule has 1 aliphatic rings. The molecule has 1 fully saturated rings. The second kappa shape index (κ2) is 5.18. The molecule has 1 saturated heterocycles. The predicted octanol–water partition coefficient (Wildman–Crippen LogP) is 0.0528. The van der Waals surface area contributed by atoms with Crippen LogP contribution in [0.3, 0.4) is 0 Å². The number of carbonyl (C=O) groups is 1. The molecule has 1 aromatic rings. The molecule has 0 unspecified atom stereocenters. The summed E-state index contributed by atoms with van der Waals surface area (Å²) in [5, 5.41) is 7.60. The Kier molecular flexibility index (Phi) is 3.63. The van der Waals surface area contributed by atoms with E-state index >= 15 is 0 Å². The molecule has 2 heterocycles. The number of hydrogen-bond donors (Lipinski definition) is 2. The Morgan fingerprint density at radius 3 is 2.82 bits per heavy atom. The van der Waals surface area contributed by atoms with Crippen molar-refractivity contribution in [3.05, 3.63) is 18.0 Å². The van der Waals surface area contributed by atoms with E-state index in [4.69, 9.17) is 5.73 Å². The quantitative estimate of drug-likeness (QED) is 0.780. The summed E-state index contributed by atoms with van der Waals surface area (Å²) in [5.74, 6) is 0. The van der Waals surface area contributed by atoms with Gasteiger partial charge in [-0.1, -0.05) is 0 Å². The summed E-state index contributed by atoms with van der Waals surface area (Å²) < 4.78 is 1.80. The van der Waals surface area contributed by atoms with E-state index in [1.165, 1.54) is 5.56 Å². The topological polar surface area (TPSA) is 76.2 Å². The van der Waals surface area contributed by atoms with E-state index in [2.05, 4.69) is 10.4 Å². The van der Waals surface area contributed by atoms with E-state index < -0.39 is 0 Å². The lowest BCUT2D eigenvalue weighted by Crippen LogP contribution is -2.46. The van der Waals surface area contributed by atoms with Crippen LogP contribution in [-0.2, 0) is 13.6 Å². The summed E-state index contributed by atoms with van der Waals surface area (Å²) in [4.78, 5) is 12.7. The highest BCUT2D eigenvalue weighted by atomic mass is 16.2. The van der Waals surface area contributed by atoms with Crippen molar-refractivity contribution < 1.29 is 4.79 Å². The predicted molar refractivity (Wildman–Crippen MR) is 64.2 cm³/mol. The molecule has 0 saturated carbocycles. The molecule has 0 spiro atoms. The van der Waals surface area contributed by atoms with Crippen molar-refractivity contribution in [3.8, 4) is 0 Å². The monoisotopic (exact) mass is 237 g/mol. The molecular formula is C11H19N5O. The van der Waals surface area contributed by atoms with Crippen molar-refractivity contribution in [3.63, 3.8) is 0 Å². The van der Waals surface area contributed by atoms with E-state index in [1.54, 1.807) is 9.58 Å². The van der Waals surface area contributed by atoms with Crippen molar-refractivity contribution in [2.24, 2.45) is 12.8 Å². The van der Waals surface area contributed by atoms with Crippen LogP contribution in [0, 0.1) is 0 Å². The number of nitrogens with two attached hydrogens (primary N) is 1. The number of carbonyl (C=O) groups excluding carboxylic acids is 1. The van der Waals surface area contributed by atoms with Crippen LogP contribution in [0.4, 0.5) is 4.79 Å². The van der Waals surface area contributed by atoms with Gasteiger partial charge in [-0.15, -0.1) is 0 Å². The Hall–Kier alpha value is -1.56. The maximum Gasteiger partial charge on any atom is 0.314 e. The number of aryl methyl sites for hydroxylation is 1. The lowest BCUT2D eigenvalue weighted by molar-refractivity contribution is 0.185. The summed E-state index contributed by atoms with van der Waals surface area (Å²) in [6.45, 7) is 2.33. The van der Waals surface area contributed by atoms with Crippen LogP contribution in [0.15, 0.2) is 12.4 Å². The van der Waals surface area contributed by atoms with Crippen LogP contribution in [0.25, 0.3) is 0 Å². The molecule has 0 aliphatic carbocycles. The van der Waals surface area contributed by atoms with Gasteiger partial charge in [0.1, 0.15) is 0 Å². The van der Waals surface area contributed by atoms with E-state index in [-0.39, 0.29) is 6.03 Å². The Bertz CT molecular complexity index is 381. The summed E-state index contributed by atoms with van der Waals surface area (Å²) in [6, 6.07) is 0.154. The second-order valence-corrected chi connectivity index (χ2v) is 4.50. The molecule has 17 heavy (non-hydrogen) atoms. The second-order valence-electron chi connectivity index (χ2n) is 4.50. The highest BCUT2D eigenvalue weighted by Crippen LogP contribution is 2.10. The minimum atomic E-state index is -0.310. The molecule has 3 N–H and O–H groups in total. The van der Waals surface area contributed by atoms with Gasteiger partial charge in [-0.05, 0) is 12.8 Å². The van der Waals surface area contributed by atoms with Gasteiger partial charge in [0.25, 0.3) is 0 Å². The zero-order valence-corrected chi connectivity index (χ0v) is 10.1. The average Bonchev–Trinajstić information content (AvgIpc) is 2.73. The van der Waals surface area contributed by atoms with Gasteiger partial charge < -0.3 is 16.0 Å². The van der Waals surface area contributed by atoms with Crippen LogP contribution in [0.1, 0.15) is 18.4 Å². The molecule has 6 nitrogen and oxygen atoms in total. The number of likely N-dealkylation sites (tertiary alicyclic amines) is 1. The number of nitrogens with one attached hydrogen (secondary N) is 1. The molecular weight excluding hydrogens is 218 g/mol. The lowest BCUT2D eigenvalue weighted by Gasteiger charge is -2.31. The first-order valence-corrected chi connectivity index (χ1v) is 5.90. The Morgan fingerprint density at radius 2 is 2.29 bits per heavy atom. The summed E-state index contributed by atoms with van der Waals surface area (Å²) >= 11 is 0. The summed E-state index contributed by atoms with van der Waals surface area (Å²) in [5.41, 5.74) is 6.42. The van der Waals surface area contributed by atoms with Gasteiger partial charge in [0, 0.05) is 44.5 Å². The first-order valence-electron chi connectivity index (χ1n) is 5.90. The number of rotatable bonds is 3. The fourth-order valence-electron chi connectivity index (χ4n) is 2.13. The molecule has 1 aromatic heterocycles. The summed E-state index contributed by atoms with van der Waals surface area (Å²) in [7, 11) is 1.91. The van der Waals surface area contributed by atoms with Gasteiger partial charge in [-0.25, -0.2) is 4.79 Å². The number of amides is 2. The third kappa shape index (κ3) is 3.20. The van der Waals surface area contributed by atoms with Gasteiger partial charge in [-0.3, -0.25) is 4.68 Å². The maximum atomic E-state index is 11.0. The smallest absolute Gasteiger partial charge is 0.314 e. The van der Waals surface area contributed by atoms with Crippen molar-refractivity contribution >= 4 is 6.03 Å². The largest absolute Gasteiger partial charge is 0.351 e. The van der Waals surface area contributed by atoms with Crippen LogP contribution in [0.2, 0.25) is 0 Å². The number of primary amides is 1. The highest BCUT2D eigenvalue weighted by Gasteiger charge is 2.20. The maximum absolute atomic E-state index is 11.0. The van der Waals surface area contributed by atoms with Crippen molar-refractivity contribution in [1.29, 1.82) is 0 Å². The average molecular weight is 237 g/mol. The van der Waals surface area contributed by atoms with Gasteiger partial charge in [-0.2, -0.15) is 5.10 Å². The zero-order valence-electron chi connectivity index (χ0n) is 10.1. The number of nitrogens with zero attached hydrogens (tertiary/aromatic N) is 3. The fraction of sp³-hybridized carbons (Fsp3) is 0.636. The van der Waals surface area contributed by atoms with Crippen molar-refractivity contribution in [2.45, 2.75) is 25.4 Å². The first-order chi connectivity index (χ1) is 8.15. The fourth-order valence-corrected chi connectivity index (χ4v) is 2.13. The SMILES string of the molecule is Cn1cc(CNC2CCN(C(N)=O)CC2)cn1. The number of hydrogen-bond acceptors (Lipinski definition) is 3. The zero-order chi connectivity index (χ0) is 12.3. The van der Waals surface area contributed by atoms with Crippen molar-refractivity contribution in [1.82, 2.24) is 20.0 Å². The molecule has 0 aromatic carbocycles. The van der Waals surface area contributed by atoms with E-state index in [0.29, 0.717) is 6.04 Å². The van der Waals surface area contributed by atoms with E-state index in [9.17, 15) is 4.79 Å². The van der Waals surface area contributed by atoms with Gasteiger partial charge in [0.05, 0.1) is 6.20 Å². The molecule has 0 atom stereocenters. The third-order valence-corrected chi connectivity index (χ3v) is 3.16. The van der Waals surface area contributed by atoms with Crippen LogP contribution < -0.4 is 11.1 Å². The first kappa shape index (κ1) is 11.9. The molecule has 6 heteroatoms. The molecule has 2 rings (SSSR count). The Balaban J connectivity index is 1.73. The molecule has 0 bridgehead atoms. The molecule has 1 aliphatic heterocycles. The molecule has 2 amide bonds. The van der Waals surface area contributed by atoms with Crippen LogP contribution in [-0.4, -0.2) is 39.8 Å². The molecule has 94 valence electrons. The molecule has 0 radical (unpaired) electrons. The van der Waals surface area contributed by atoms with Gasteiger partial charge in [0.15, 0.2) is 0 Å². The van der Waals surface area contributed by atoms with Crippen LogP contribution in [0.5, 0.6) is 0 Å². The standard InChI is InChI=1S/C11H19N5O/c1-15-8-9(7-14-15)6-13-10-2-4-16(5-3-10)11(12)17/h7-8,10,13H,2-6H2,1H3,(H2,12,17). The Labute approximate surface area is 101 Å². The normalized spacial score (nSPS) is 17.4. The summed E-state index contributed by atoms with van der Waals surface area (Å²) in [6.07, 6.45) is 5.80. The van der Waals surface area contributed by atoms with Gasteiger partial charge in [0.2, 0.25) is 0 Å². The van der Waals surface area contributed by atoms with E-state index in [0.717, 1.165) is 32.5 Å². The van der Waals surface area contributed by atoms with Gasteiger partial charge >= 0.3 is 6.03 Å². The minimum absolute atomic E-state index is 0.310. The minimum Gasteiger partial charge on any atom is -0.351 e. The number of piperidine rings is 1. The highest BCUT2D eigenvalue weighted by molar-refractivity contribution is 5.72. The number of urea groups is 1. The van der Waals surface area contributed by atoms with Crippen molar-refractivity contribution in [2.75, 3.05) is 13.1 Å².